The van der Waals surface area contributed by atoms with Crippen LogP contribution in [0, 0.1) is 0 Å². The molecule has 2 aromatic carbocycles. The summed E-state index contributed by atoms with van der Waals surface area (Å²) in [6.45, 7) is 0.599. The summed E-state index contributed by atoms with van der Waals surface area (Å²) < 4.78 is 0. The summed E-state index contributed by atoms with van der Waals surface area (Å²) in [7, 11) is 0. The molecule has 1 aliphatic carbocycles. The molecule has 4 rings (SSSR count). The highest BCUT2D eigenvalue weighted by molar-refractivity contribution is 6.02. The van der Waals surface area contributed by atoms with Crippen molar-refractivity contribution >= 4 is 11.9 Å². The van der Waals surface area contributed by atoms with E-state index in [9.17, 15) is 9.59 Å². The summed E-state index contributed by atoms with van der Waals surface area (Å²) in [6, 6.07) is 18.4. The Labute approximate surface area is 148 Å². The van der Waals surface area contributed by atoms with Gasteiger partial charge in [0.2, 0.25) is 0 Å². The zero-order valence-electron chi connectivity index (χ0n) is 14.2. The fraction of sp³-hybridized carbons (Fsp3) is 0.333. The van der Waals surface area contributed by atoms with Gasteiger partial charge in [0.25, 0.3) is 5.91 Å². The second kappa shape index (κ2) is 6.71. The van der Waals surface area contributed by atoms with Crippen molar-refractivity contribution in [3.8, 4) is 11.1 Å². The number of carbonyl (C=O) groups excluding carboxylic acids is 2. The quantitative estimate of drug-likeness (QED) is 0.791. The van der Waals surface area contributed by atoms with Gasteiger partial charge in [0.15, 0.2) is 0 Å². The lowest BCUT2D eigenvalue weighted by Crippen LogP contribution is -2.37. The van der Waals surface area contributed by atoms with Gasteiger partial charge in [-0.15, -0.1) is 0 Å². The van der Waals surface area contributed by atoms with E-state index >= 15 is 0 Å². The van der Waals surface area contributed by atoms with Crippen LogP contribution in [-0.2, 0) is 11.3 Å². The summed E-state index contributed by atoms with van der Waals surface area (Å²) in [5.74, 6) is -0.0796. The maximum Gasteiger partial charge on any atom is 0.327 e. The molecule has 4 nitrogen and oxygen atoms in total. The van der Waals surface area contributed by atoms with Gasteiger partial charge in [0, 0.05) is 6.04 Å². The molecule has 1 aliphatic heterocycles. The maximum absolute atomic E-state index is 12.6. The van der Waals surface area contributed by atoms with Gasteiger partial charge >= 0.3 is 6.03 Å². The second-order valence-corrected chi connectivity index (χ2v) is 6.89. The average Bonchev–Trinajstić information content (AvgIpc) is 3.27. The zero-order chi connectivity index (χ0) is 17.2. The second-order valence-electron chi connectivity index (χ2n) is 6.89. The van der Waals surface area contributed by atoms with Crippen LogP contribution in [-0.4, -0.2) is 34.3 Å². The number of rotatable bonds is 4. The minimum atomic E-state index is -0.121. The molecule has 0 atom stereocenters. The molecule has 2 fully saturated rings. The van der Waals surface area contributed by atoms with Crippen molar-refractivity contribution in [2.45, 2.75) is 38.3 Å². The fourth-order valence-electron chi connectivity index (χ4n) is 3.83. The minimum absolute atomic E-state index is 0.0796. The van der Waals surface area contributed by atoms with Crippen molar-refractivity contribution in [2.24, 2.45) is 0 Å². The predicted molar refractivity (Wildman–Crippen MR) is 96.8 cm³/mol. The lowest BCUT2D eigenvalue weighted by molar-refractivity contribution is -0.125. The number of benzene rings is 2. The van der Waals surface area contributed by atoms with Crippen molar-refractivity contribution in [1.29, 1.82) is 0 Å². The summed E-state index contributed by atoms with van der Waals surface area (Å²) in [5, 5.41) is 0. The van der Waals surface area contributed by atoms with Gasteiger partial charge < -0.3 is 4.90 Å². The molecule has 0 spiro atoms. The Bertz CT molecular complexity index is 764. The van der Waals surface area contributed by atoms with E-state index in [0.717, 1.165) is 42.4 Å². The highest BCUT2D eigenvalue weighted by atomic mass is 16.2. The first-order valence-corrected chi connectivity index (χ1v) is 8.98. The number of nitrogens with zero attached hydrogens (tertiary/aromatic N) is 2. The van der Waals surface area contributed by atoms with Gasteiger partial charge in [-0.1, -0.05) is 67.4 Å². The maximum atomic E-state index is 12.6. The number of amides is 3. The Hall–Kier alpha value is -2.62. The van der Waals surface area contributed by atoms with Gasteiger partial charge in [0.05, 0.1) is 6.54 Å². The summed E-state index contributed by atoms with van der Waals surface area (Å²) in [4.78, 5) is 28.1. The van der Waals surface area contributed by atoms with Gasteiger partial charge in [-0.3, -0.25) is 9.69 Å². The van der Waals surface area contributed by atoms with Crippen molar-refractivity contribution in [3.63, 3.8) is 0 Å². The topological polar surface area (TPSA) is 40.6 Å². The standard InChI is InChI=1S/C21H22N2O2/c24-20-15-22(19-8-4-5-9-19)21(25)23(20)14-16-10-12-18(13-11-16)17-6-2-1-3-7-17/h1-3,6-7,10-13,19H,4-5,8-9,14-15H2. The molecule has 1 heterocycles. The highest BCUT2D eigenvalue weighted by Crippen LogP contribution is 2.28. The molecular weight excluding hydrogens is 312 g/mol. The number of hydrogen-bond donors (Lipinski definition) is 0. The molecule has 2 aromatic rings. The van der Waals surface area contributed by atoms with Crippen LogP contribution in [0.2, 0.25) is 0 Å². The Kier molecular flexibility index (Phi) is 4.26. The van der Waals surface area contributed by atoms with Crippen LogP contribution in [0.25, 0.3) is 11.1 Å². The van der Waals surface area contributed by atoms with E-state index in [1.807, 2.05) is 42.5 Å². The van der Waals surface area contributed by atoms with Gasteiger partial charge in [-0.2, -0.15) is 0 Å². The zero-order valence-corrected chi connectivity index (χ0v) is 14.2. The van der Waals surface area contributed by atoms with E-state index in [4.69, 9.17) is 0 Å². The van der Waals surface area contributed by atoms with Crippen LogP contribution in [0.3, 0.4) is 0 Å². The third-order valence-corrected chi connectivity index (χ3v) is 5.25. The molecule has 0 bridgehead atoms. The third kappa shape index (κ3) is 3.16. The van der Waals surface area contributed by atoms with E-state index < -0.39 is 0 Å². The summed E-state index contributed by atoms with van der Waals surface area (Å²) in [6.07, 6.45) is 4.37. The number of carbonyl (C=O) groups is 2. The Balaban J connectivity index is 1.46. The van der Waals surface area contributed by atoms with E-state index in [-0.39, 0.29) is 24.5 Å². The minimum Gasteiger partial charge on any atom is -0.312 e. The number of hydrogen-bond acceptors (Lipinski definition) is 2. The van der Waals surface area contributed by atoms with Crippen molar-refractivity contribution in [3.05, 3.63) is 60.2 Å². The monoisotopic (exact) mass is 334 g/mol. The van der Waals surface area contributed by atoms with E-state index in [0.29, 0.717) is 6.54 Å². The first-order chi connectivity index (χ1) is 12.2. The van der Waals surface area contributed by atoms with Crippen LogP contribution >= 0.6 is 0 Å². The summed E-state index contributed by atoms with van der Waals surface area (Å²) >= 11 is 0. The normalized spacial score (nSPS) is 18.4. The molecule has 0 aromatic heterocycles. The molecule has 25 heavy (non-hydrogen) atoms. The molecule has 4 heteroatoms. The van der Waals surface area contributed by atoms with E-state index in [1.54, 1.807) is 4.90 Å². The molecule has 128 valence electrons. The van der Waals surface area contributed by atoms with E-state index in [2.05, 4.69) is 12.1 Å². The lowest BCUT2D eigenvalue weighted by atomic mass is 10.0. The van der Waals surface area contributed by atoms with Crippen LogP contribution in [0.15, 0.2) is 54.6 Å². The number of urea groups is 1. The molecule has 2 aliphatic rings. The molecule has 1 saturated carbocycles. The molecule has 0 unspecified atom stereocenters. The molecular formula is C21H22N2O2. The number of imide groups is 1. The van der Waals surface area contributed by atoms with E-state index in [1.165, 1.54) is 4.90 Å². The Morgan fingerprint density at radius 2 is 1.48 bits per heavy atom. The van der Waals surface area contributed by atoms with Crippen LogP contribution in [0.1, 0.15) is 31.2 Å². The molecule has 1 saturated heterocycles. The Morgan fingerprint density at radius 3 is 2.16 bits per heavy atom. The van der Waals surface area contributed by atoms with Gasteiger partial charge in [-0.25, -0.2) is 4.79 Å². The largest absolute Gasteiger partial charge is 0.327 e. The van der Waals surface area contributed by atoms with Crippen molar-refractivity contribution in [1.82, 2.24) is 9.80 Å². The highest BCUT2D eigenvalue weighted by Gasteiger charge is 2.40. The summed E-state index contributed by atoms with van der Waals surface area (Å²) in [5.41, 5.74) is 3.28. The van der Waals surface area contributed by atoms with Crippen LogP contribution in [0.4, 0.5) is 4.79 Å². The van der Waals surface area contributed by atoms with Crippen LogP contribution in [0.5, 0.6) is 0 Å². The first-order valence-electron chi connectivity index (χ1n) is 8.98. The van der Waals surface area contributed by atoms with Crippen molar-refractivity contribution in [2.75, 3.05) is 6.54 Å². The lowest BCUT2D eigenvalue weighted by Gasteiger charge is -2.23. The molecule has 3 amide bonds. The predicted octanol–water partition coefficient (Wildman–Crippen LogP) is 4.06. The Morgan fingerprint density at radius 1 is 0.840 bits per heavy atom. The third-order valence-electron chi connectivity index (χ3n) is 5.25. The smallest absolute Gasteiger partial charge is 0.312 e. The van der Waals surface area contributed by atoms with Gasteiger partial charge in [0.1, 0.15) is 6.54 Å². The molecule has 0 radical (unpaired) electrons. The van der Waals surface area contributed by atoms with Gasteiger partial charge in [-0.05, 0) is 29.5 Å². The molecule has 0 N–H and O–H groups in total. The van der Waals surface area contributed by atoms with Crippen molar-refractivity contribution < 1.29 is 9.59 Å². The SMILES string of the molecule is O=C1CN(C2CCCC2)C(=O)N1Cc1ccc(-c2ccccc2)cc1. The average molecular weight is 334 g/mol. The van der Waals surface area contributed by atoms with Crippen LogP contribution < -0.4 is 0 Å². The fourth-order valence-corrected chi connectivity index (χ4v) is 3.83. The first kappa shape index (κ1) is 15.9.